The lowest BCUT2D eigenvalue weighted by Crippen LogP contribution is -2.40. The van der Waals surface area contributed by atoms with Crippen molar-refractivity contribution in [1.29, 1.82) is 0 Å². The molecule has 2 aromatic carbocycles. The van der Waals surface area contributed by atoms with Gasteiger partial charge in [-0.2, -0.15) is 0 Å². The van der Waals surface area contributed by atoms with E-state index in [1.54, 1.807) is 0 Å². The van der Waals surface area contributed by atoms with Gasteiger partial charge < -0.3 is 19.7 Å². The Bertz CT molecular complexity index is 1240. The second-order valence-electron chi connectivity index (χ2n) is 8.62. The van der Waals surface area contributed by atoms with Crippen molar-refractivity contribution in [3.05, 3.63) is 59.3 Å². The standard InChI is InChI=1S/C25H26N4O3/c1-16-22(24(30)28-11-5-2-6-12-28)23(17-9-10-20-21(15-17)32-14-13-31-20)29-19-8-4-3-7-18(19)27-25(29)26-16/h3-4,7-10,15,23H,2,5-6,11-14H2,1H3,(H,26,27). The normalized spacial score (nSPS) is 20.2. The van der Waals surface area contributed by atoms with Crippen LogP contribution in [0.1, 0.15) is 37.8 Å². The Morgan fingerprint density at radius 1 is 1.03 bits per heavy atom. The molecule has 6 rings (SSSR count). The highest BCUT2D eigenvalue weighted by molar-refractivity contribution is 5.98. The number of para-hydroxylation sites is 2. The van der Waals surface area contributed by atoms with Crippen LogP contribution >= 0.6 is 0 Å². The maximum atomic E-state index is 13.8. The second-order valence-corrected chi connectivity index (χ2v) is 8.62. The largest absolute Gasteiger partial charge is 0.486 e. The molecule has 164 valence electrons. The summed E-state index contributed by atoms with van der Waals surface area (Å²) < 4.78 is 13.8. The number of anilines is 1. The maximum absolute atomic E-state index is 13.8. The average molecular weight is 431 g/mol. The van der Waals surface area contributed by atoms with Gasteiger partial charge in [0, 0.05) is 18.8 Å². The first kappa shape index (κ1) is 19.2. The molecule has 0 spiro atoms. The van der Waals surface area contributed by atoms with Gasteiger partial charge in [-0.3, -0.25) is 9.36 Å². The van der Waals surface area contributed by atoms with Gasteiger partial charge in [0.25, 0.3) is 5.91 Å². The summed E-state index contributed by atoms with van der Waals surface area (Å²) in [5.41, 5.74) is 4.49. The summed E-state index contributed by atoms with van der Waals surface area (Å²) in [4.78, 5) is 20.7. The molecule has 4 heterocycles. The number of hydrogen-bond donors (Lipinski definition) is 1. The Morgan fingerprint density at radius 2 is 1.81 bits per heavy atom. The molecule has 1 amide bonds. The van der Waals surface area contributed by atoms with Crippen LogP contribution in [0.2, 0.25) is 0 Å². The van der Waals surface area contributed by atoms with E-state index in [0.29, 0.717) is 13.2 Å². The number of hydrogen-bond acceptors (Lipinski definition) is 5. The van der Waals surface area contributed by atoms with Gasteiger partial charge in [-0.25, -0.2) is 4.98 Å². The first-order valence-corrected chi connectivity index (χ1v) is 11.3. The third kappa shape index (κ3) is 3.03. The van der Waals surface area contributed by atoms with E-state index in [0.717, 1.165) is 71.2 Å². The number of ether oxygens (including phenoxy) is 2. The molecule has 1 N–H and O–H groups in total. The zero-order valence-electron chi connectivity index (χ0n) is 18.1. The minimum absolute atomic E-state index is 0.0954. The predicted octanol–water partition coefficient (Wildman–Crippen LogP) is 4.11. The first-order valence-electron chi connectivity index (χ1n) is 11.3. The monoisotopic (exact) mass is 430 g/mol. The molecule has 0 aliphatic carbocycles. The topological polar surface area (TPSA) is 68.6 Å². The summed E-state index contributed by atoms with van der Waals surface area (Å²) in [6.45, 7) is 4.66. The van der Waals surface area contributed by atoms with Crippen molar-refractivity contribution in [1.82, 2.24) is 14.5 Å². The van der Waals surface area contributed by atoms with Crippen LogP contribution in [0.5, 0.6) is 11.5 Å². The third-order valence-corrected chi connectivity index (χ3v) is 6.59. The van der Waals surface area contributed by atoms with Gasteiger partial charge in [0.1, 0.15) is 13.2 Å². The summed E-state index contributed by atoms with van der Waals surface area (Å²) in [5.74, 6) is 2.31. The fraction of sp³-hybridized carbons (Fsp3) is 0.360. The highest BCUT2D eigenvalue weighted by atomic mass is 16.6. The molecular weight excluding hydrogens is 404 g/mol. The summed E-state index contributed by atoms with van der Waals surface area (Å²) >= 11 is 0. The molecular formula is C25H26N4O3. The average Bonchev–Trinajstić information content (AvgIpc) is 3.21. The van der Waals surface area contributed by atoms with E-state index in [9.17, 15) is 4.79 Å². The number of imidazole rings is 1. The fourth-order valence-corrected chi connectivity index (χ4v) is 5.05. The van der Waals surface area contributed by atoms with E-state index < -0.39 is 0 Å². The van der Waals surface area contributed by atoms with Crippen molar-refractivity contribution >= 4 is 22.9 Å². The zero-order valence-corrected chi connectivity index (χ0v) is 18.1. The molecule has 7 heteroatoms. The van der Waals surface area contributed by atoms with E-state index in [4.69, 9.17) is 14.5 Å². The molecule has 1 saturated heterocycles. The van der Waals surface area contributed by atoms with Crippen LogP contribution in [-0.4, -0.2) is 46.7 Å². The quantitative estimate of drug-likeness (QED) is 0.663. The predicted molar refractivity (Wildman–Crippen MR) is 122 cm³/mol. The van der Waals surface area contributed by atoms with Crippen molar-refractivity contribution in [2.24, 2.45) is 0 Å². The smallest absolute Gasteiger partial charge is 0.254 e. The number of piperidine rings is 1. The van der Waals surface area contributed by atoms with E-state index in [1.807, 2.05) is 48.2 Å². The van der Waals surface area contributed by atoms with Gasteiger partial charge in [0.05, 0.1) is 22.6 Å². The van der Waals surface area contributed by atoms with Gasteiger partial charge in [-0.05, 0) is 56.0 Å². The van der Waals surface area contributed by atoms with Gasteiger partial charge in [0.2, 0.25) is 5.95 Å². The molecule has 7 nitrogen and oxygen atoms in total. The lowest BCUT2D eigenvalue weighted by molar-refractivity contribution is -0.128. The third-order valence-electron chi connectivity index (χ3n) is 6.59. The van der Waals surface area contributed by atoms with Crippen molar-refractivity contribution in [3.63, 3.8) is 0 Å². The van der Waals surface area contributed by atoms with Gasteiger partial charge >= 0.3 is 0 Å². The number of likely N-dealkylation sites (tertiary alicyclic amines) is 1. The Hall–Kier alpha value is -3.48. The highest BCUT2D eigenvalue weighted by Crippen LogP contribution is 2.42. The maximum Gasteiger partial charge on any atom is 0.254 e. The van der Waals surface area contributed by atoms with Crippen LogP contribution in [0.15, 0.2) is 53.7 Å². The summed E-state index contributed by atoms with van der Waals surface area (Å²) in [5, 5.41) is 3.41. The van der Waals surface area contributed by atoms with Crippen LogP contribution in [0.25, 0.3) is 11.0 Å². The number of benzene rings is 2. The molecule has 1 atom stereocenters. The number of allylic oxidation sites excluding steroid dienone is 1. The lowest BCUT2D eigenvalue weighted by atomic mass is 9.93. The highest BCUT2D eigenvalue weighted by Gasteiger charge is 2.36. The molecule has 1 fully saturated rings. The van der Waals surface area contributed by atoms with Gasteiger partial charge in [0.15, 0.2) is 11.5 Å². The molecule has 1 unspecified atom stereocenters. The van der Waals surface area contributed by atoms with Crippen LogP contribution in [0.4, 0.5) is 5.95 Å². The number of carbonyl (C=O) groups excluding carboxylic acids is 1. The number of fused-ring (bicyclic) bond motifs is 4. The minimum atomic E-state index is -0.302. The Morgan fingerprint density at radius 3 is 2.66 bits per heavy atom. The SMILES string of the molecule is CC1=C(C(=O)N2CCCCC2)C(c2ccc3c(c2)OCCO3)n2c(nc3ccccc32)N1. The fourth-order valence-electron chi connectivity index (χ4n) is 5.05. The van der Waals surface area contributed by atoms with Crippen LogP contribution in [0, 0.1) is 0 Å². The number of aromatic nitrogens is 2. The van der Waals surface area contributed by atoms with E-state index in [1.165, 1.54) is 6.42 Å². The Kier molecular flexibility index (Phi) is 4.56. The Labute approximate surface area is 186 Å². The van der Waals surface area contributed by atoms with E-state index in [2.05, 4.69) is 16.0 Å². The van der Waals surface area contributed by atoms with Crippen LogP contribution in [-0.2, 0) is 4.79 Å². The molecule has 1 aromatic heterocycles. The van der Waals surface area contributed by atoms with E-state index >= 15 is 0 Å². The molecule has 32 heavy (non-hydrogen) atoms. The summed E-state index contributed by atoms with van der Waals surface area (Å²) in [6.07, 6.45) is 3.29. The van der Waals surface area contributed by atoms with Crippen molar-refractivity contribution in [3.8, 4) is 11.5 Å². The number of rotatable bonds is 2. The van der Waals surface area contributed by atoms with Gasteiger partial charge in [-0.15, -0.1) is 0 Å². The molecule has 3 aliphatic rings. The summed E-state index contributed by atoms with van der Waals surface area (Å²) in [7, 11) is 0. The summed E-state index contributed by atoms with van der Waals surface area (Å²) in [6, 6.07) is 13.8. The molecule has 0 radical (unpaired) electrons. The first-order chi connectivity index (χ1) is 15.7. The van der Waals surface area contributed by atoms with Crippen LogP contribution in [0.3, 0.4) is 0 Å². The molecule has 0 saturated carbocycles. The number of carbonyl (C=O) groups is 1. The number of amides is 1. The molecule has 3 aromatic rings. The second kappa shape index (κ2) is 7.58. The molecule has 0 bridgehead atoms. The number of nitrogens with one attached hydrogen (secondary N) is 1. The Balaban J connectivity index is 1.53. The van der Waals surface area contributed by atoms with Crippen molar-refractivity contribution < 1.29 is 14.3 Å². The number of nitrogens with zero attached hydrogens (tertiary/aromatic N) is 3. The van der Waals surface area contributed by atoms with Crippen molar-refractivity contribution in [2.45, 2.75) is 32.2 Å². The minimum Gasteiger partial charge on any atom is -0.486 e. The van der Waals surface area contributed by atoms with Crippen LogP contribution < -0.4 is 14.8 Å². The van der Waals surface area contributed by atoms with Crippen molar-refractivity contribution in [2.75, 3.05) is 31.6 Å². The van der Waals surface area contributed by atoms with Gasteiger partial charge in [-0.1, -0.05) is 18.2 Å². The van der Waals surface area contributed by atoms with E-state index in [-0.39, 0.29) is 11.9 Å². The lowest BCUT2D eigenvalue weighted by Gasteiger charge is -2.35. The zero-order chi connectivity index (χ0) is 21.7. The molecule has 3 aliphatic heterocycles.